The van der Waals surface area contributed by atoms with Gasteiger partial charge in [-0.25, -0.2) is 0 Å². The summed E-state index contributed by atoms with van der Waals surface area (Å²) in [5.41, 5.74) is 0. The summed E-state index contributed by atoms with van der Waals surface area (Å²) < 4.78 is 1.45. The van der Waals surface area contributed by atoms with Crippen LogP contribution in [0.1, 0.15) is 12.8 Å². The van der Waals surface area contributed by atoms with Gasteiger partial charge in [-0.2, -0.15) is 0 Å². The van der Waals surface area contributed by atoms with E-state index in [-0.39, 0.29) is 0 Å². The Morgan fingerprint density at radius 3 is 2.92 bits per heavy atom. The molecule has 0 saturated heterocycles. The number of fused-ring (bicyclic) bond motifs is 3. The Labute approximate surface area is 80.8 Å². The molecule has 1 aromatic heterocycles. The summed E-state index contributed by atoms with van der Waals surface area (Å²) in [5, 5.41) is 6.43. The van der Waals surface area contributed by atoms with Gasteiger partial charge in [-0.05, 0) is 40.1 Å². The summed E-state index contributed by atoms with van der Waals surface area (Å²) in [4.78, 5) is 0. The van der Waals surface area contributed by atoms with Crippen LogP contribution < -0.4 is 10.4 Å². The molecule has 1 heteroatoms. The summed E-state index contributed by atoms with van der Waals surface area (Å²) in [7, 11) is 0. The maximum atomic E-state index is 2.37. The number of hydrogen-bond acceptors (Lipinski definition) is 1. The Morgan fingerprint density at radius 2 is 1.92 bits per heavy atom. The molecule has 0 nitrogen and oxygen atoms in total. The molecule has 1 aromatic carbocycles. The molecule has 1 aliphatic carbocycles. The number of thiophene rings is 1. The van der Waals surface area contributed by atoms with Crippen molar-refractivity contribution in [3.05, 3.63) is 34.0 Å². The van der Waals surface area contributed by atoms with Crippen molar-refractivity contribution in [1.29, 1.82) is 0 Å². The zero-order valence-corrected chi connectivity index (χ0v) is 8.10. The van der Waals surface area contributed by atoms with E-state index < -0.39 is 0 Å². The van der Waals surface area contributed by atoms with Gasteiger partial charge in [-0.1, -0.05) is 24.3 Å². The third-order valence-electron chi connectivity index (χ3n) is 2.57. The van der Waals surface area contributed by atoms with Gasteiger partial charge in [0.1, 0.15) is 0 Å². The highest BCUT2D eigenvalue weighted by atomic mass is 32.1. The fraction of sp³-hybridized carbons (Fsp3) is 0.167. The molecule has 0 atom stereocenters. The van der Waals surface area contributed by atoms with E-state index >= 15 is 0 Å². The molecule has 0 N–H and O–H groups in total. The largest absolute Gasteiger partial charge is 0.143 e. The van der Waals surface area contributed by atoms with Crippen LogP contribution in [0, 0.1) is 0 Å². The first-order chi connectivity index (χ1) is 6.45. The second-order valence-electron chi connectivity index (χ2n) is 3.39. The Kier molecular flexibility index (Phi) is 1.53. The maximum absolute atomic E-state index is 2.37. The lowest BCUT2D eigenvalue weighted by molar-refractivity contribution is 1.12. The Bertz CT molecular complexity index is 560. The molecular formula is C12H10S. The molecule has 0 bridgehead atoms. The van der Waals surface area contributed by atoms with E-state index in [4.69, 9.17) is 0 Å². The third kappa shape index (κ3) is 1.04. The van der Waals surface area contributed by atoms with Crippen molar-refractivity contribution < 1.29 is 0 Å². The van der Waals surface area contributed by atoms with Gasteiger partial charge in [-0.15, -0.1) is 11.3 Å². The molecule has 1 heterocycles. The molecule has 1 aliphatic rings. The number of benzene rings is 1. The molecule has 0 aliphatic heterocycles. The highest BCUT2D eigenvalue weighted by molar-refractivity contribution is 7.17. The quantitative estimate of drug-likeness (QED) is 0.592. The lowest BCUT2D eigenvalue weighted by Crippen LogP contribution is -2.26. The first kappa shape index (κ1) is 7.34. The molecule has 2 aromatic rings. The van der Waals surface area contributed by atoms with E-state index in [1.165, 1.54) is 33.4 Å². The van der Waals surface area contributed by atoms with Crippen LogP contribution in [0.15, 0.2) is 23.6 Å². The monoisotopic (exact) mass is 186 g/mol. The van der Waals surface area contributed by atoms with Gasteiger partial charge in [0.15, 0.2) is 0 Å². The first-order valence-electron chi connectivity index (χ1n) is 4.62. The van der Waals surface area contributed by atoms with Crippen LogP contribution in [0.3, 0.4) is 0 Å². The van der Waals surface area contributed by atoms with Crippen molar-refractivity contribution in [3.63, 3.8) is 0 Å². The Hall–Kier alpha value is -1.08. The zero-order chi connectivity index (χ0) is 8.67. The van der Waals surface area contributed by atoms with Gasteiger partial charge in [0, 0.05) is 4.70 Å². The van der Waals surface area contributed by atoms with Gasteiger partial charge in [0.05, 0.1) is 0 Å². The third-order valence-corrected chi connectivity index (χ3v) is 3.54. The van der Waals surface area contributed by atoms with Gasteiger partial charge in [-0.3, -0.25) is 0 Å². The predicted octanol–water partition coefficient (Wildman–Crippen LogP) is 2.26. The van der Waals surface area contributed by atoms with Crippen molar-refractivity contribution in [2.75, 3.05) is 0 Å². The standard InChI is InChI=1S/C12H10S/c1-2-4-11-9(3-1)5-6-10-7-8-13-12(10)11/h3-8H,1-2H2. The molecule has 0 spiro atoms. The molecular weight excluding hydrogens is 176 g/mol. The predicted molar refractivity (Wildman–Crippen MR) is 59.2 cm³/mol. The minimum atomic E-state index is 1.20. The van der Waals surface area contributed by atoms with Crippen molar-refractivity contribution in [2.24, 2.45) is 0 Å². The molecule has 0 fully saturated rings. The molecule has 3 rings (SSSR count). The summed E-state index contributed by atoms with van der Waals surface area (Å²) in [6, 6.07) is 6.66. The lowest BCUT2D eigenvalue weighted by Gasteiger charge is -2.00. The van der Waals surface area contributed by atoms with E-state index in [0.29, 0.717) is 0 Å². The summed E-state index contributed by atoms with van der Waals surface area (Å²) in [6.45, 7) is 0. The van der Waals surface area contributed by atoms with Crippen molar-refractivity contribution in [2.45, 2.75) is 12.8 Å². The fourth-order valence-corrected chi connectivity index (χ4v) is 2.88. The van der Waals surface area contributed by atoms with Gasteiger partial charge in [0.25, 0.3) is 0 Å². The van der Waals surface area contributed by atoms with Crippen LogP contribution in [0.25, 0.3) is 22.2 Å². The summed E-state index contributed by atoms with van der Waals surface area (Å²) >= 11 is 1.85. The molecule has 0 amide bonds. The van der Waals surface area contributed by atoms with E-state index in [2.05, 4.69) is 35.7 Å². The van der Waals surface area contributed by atoms with Crippen LogP contribution in [-0.4, -0.2) is 0 Å². The van der Waals surface area contributed by atoms with E-state index in [0.717, 1.165) is 0 Å². The van der Waals surface area contributed by atoms with Crippen LogP contribution in [-0.2, 0) is 0 Å². The fourth-order valence-electron chi connectivity index (χ4n) is 1.92. The normalized spacial score (nSPS) is 14.8. The van der Waals surface area contributed by atoms with E-state index in [1.807, 2.05) is 11.3 Å². The Morgan fingerprint density at radius 1 is 1.00 bits per heavy atom. The van der Waals surface area contributed by atoms with Crippen LogP contribution in [0.2, 0.25) is 0 Å². The van der Waals surface area contributed by atoms with E-state index in [9.17, 15) is 0 Å². The van der Waals surface area contributed by atoms with Crippen LogP contribution in [0.4, 0.5) is 0 Å². The Balaban J connectivity index is 2.64. The molecule has 0 radical (unpaired) electrons. The maximum Gasteiger partial charge on any atom is 0.0417 e. The molecule has 0 unspecified atom stereocenters. The highest BCUT2D eigenvalue weighted by Gasteiger charge is 1.99. The smallest absolute Gasteiger partial charge is 0.0417 e. The first-order valence-corrected chi connectivity index (χ1v) is 5.50. The van der Waals surface area contributed by atoms with Gasteiger partial charge in [0.2, 0.25) is 0 Å². The van der Waals surface area contributed by atoms with Gasteiger partial charge >= 0.3 is 0 Å². The average Bonchev–Trinajstić information content (AvgIpc) is 2.65. The molecule has 64 valence electrons. The summed E-state index contributed by atoms with van der Waals surface area (Å²) in [5.74, 6) is 0. The van der Waals surface area contributed by atoms with Crippen molar-refractivity contribution in [1.82, 2.24) is 0 Å². The number of rotatable bonds is 0. The molecule has 0 saturated carbocycles. The molecule has 13 heavy (non-hydrogen) atoms. The minimum absolute atomic E-state index is 1.20. The topological polar surface area (TPSA) is 0 Å². The second kappa shape index (κ2) is 2.71. The lowest BCUT2D eigenvalue weighted by atomic mass is 10.1. The summed E-state index contributed by atoms with van der Waals surface area (Å²) in [6.07, 6.45) is 7.11. The zero-order valence-electron chi connectivity index (χ0n) is 7.29. The van der Waals surface area contributed by atoms with E-state index in [1.54, 1.807) is 0 Å². The van der Waals surface area contributed by atoms with Crippen molar-refractivity contribution >= 4 is 33.6 Å². The number of hydrogen-bond donors (Lipinski definition) is 0. The average molecular weight is 186 g/mol. The highest BCUT2D eigenvalue weighted by Crippen LogP contribution is 2.15. The van der Waals surface area contributed by atoms with Crippen LogP contribution >= 0.6 is 11.3 Å². The van der Waals surface area contributed by atoms with Gasteiger partial charge < -0.3 is 0 Å². The SMILES string of the molecule is C1=c2ccc3ccsc3c2=CCC1. The van der Waals surface area contributed by atoms with Crippen molar-refractivity contribution in [3.8, 4) is 0 Å². The minimum Gasteiger partial charge on any atom is -0.143 e. The second-order valence-corrected chi connectivity index (χ2v) is 4.31. The van der Waals surface area contributed by atoms with Crippen LogP contribution in [0.5, 0.6) is 0 Å².